The van der Waals surface area contributed by atoms with E-state index in [0.717, 1.165) is 4.47 Å². The molecule has 1 atom stereocenters. The lowest BCUT2D eigenvalue weighted by molar-refractivity contribution is -0.0582. The fourth-order valence-electron chi connectivity index (χ4n) is 2.10. The predicted octanol–water partition coefficient (Wildman–Crippen LogP) is 1.35. The van der Waals surface area contributed by atoms with Crippen molar-refractivity contribution in [3.05, 3.63) is 34.3 Å². The average Bonchev–Trinajstić information content (AvgIpc) is 2.93. The highest BCUT2D eigenvalue weighted by Crippen LogP contribution is 2.22. The Morgan fingerprint density at radius 1 is 1.45 bits per heavy atom. The van der Waals surface area contributed by atoms with Gasteiger partial charge in [0.2, 0.25) is 0 Å². The number of rotatable bonds is 6. The van der Waals surface area contributed by atoms with Gasteiger partial charge in [-0.25, -0.2) is 0 Å². The summed E-state index contributed by atoms with van der Waals surface area (Å²) in [7, 11) is 0. The highest BCUT2D eigenvalue weighted by molar-refractivity contribution is 9.10. The number of nitrogens with one attached hydrogen (secondary N) is 1. The number of benzene rings is 1. The van der Waals surface area contributed by atoms with Crippen molar-refractivity contribution < 1.29 is 19.4 Å². The molecular formula is C14H18BrNO4. The number of ether oxygens (including phenoxy) is 2. The number of halogens is 1. The Hall–Kier alpha value is -0.950. The fraction of sp³-hybridized carbons (Fsp3) is 0.500. The van der Waals surface area contributed by atoms with Gasteiger partial charge in [0.15, 0.2) is 0 Å². The van der Waals surface area contributed by atoms with Gasteiger partial charge >= 0.3 is 0 Å². The number of carbonyl (C=O) groups excluding carboxylic acids is 1. The van der Waals surface area contributed by atoms with Gasteiger partial charge in [-0.05, 0) is 24.3 Å². The summed E-state index contributed by atoms with van der Waals surface area (Å²) in [5.41, 5.74) is 0.0812. The molecule has 0 bridgehead atoms. The molecule has 1 aromatic carbocycles. The van der Waals surface area contributed by atoms with E-state index in [1.807, 2.05) is 12.1 Å². The summed E-state index contributed by atoms with van der Waals surface area (Å²) >= 11 is 3.33. The maximum atomic E-state index is 12.1. The van der Waals surface area contributed by atoms with E-state index in [4.69, 9.17) is 14.6 Å². The van der Waals surface area contributed by atoms with Crippen LogP contribution in [0.4, 0.5) is 0 Å². The van der Waals surface area contributed by atoms with Gasteiger partial charge in [0.25, 0.3) is 5.91 Å². The van der Waals surface area contributed by atoms with Crippen molar-refractivity contribution in [2.75, 3.05) is 33.0 Å². The van der Waals surface area contributed by atoms with Gasteiger partial charge in [0.05, 0.1) is 19.8 Å². The Balaban J connectivity index is 1.92. The number of aliphatic hydroxyl groups excluding tert-OH is 1. The van der Waals surface area contributed by atoms with Crippen LogP contribution >= 0.6 is 15.9 Å². The molecule has 0 radical (unpaired) electrons. The highest BCUT2D eigenvalue weighted by Gasteiger charge is 2.36. The van der Waals surface area contributed by atoms with E-state index in [1.54, 1.807) is 12.1 Å². The molecule has 1 fully saturated rings. The van der Waals surface area contributed by atoms with Crippen LogP contribution in [0.15, 0.2) is 28.7 Å². The molecule has 1 saturated heterocycles. The van der Waals surface area contributed by atoms with Crippen molar-refractivity contribution >= 4 is 21.8 Å². The quantitative estimate of drug-likeness (QED) is 0.818. The largest absolute Gasteiger partial charge is 0.394 e. The van der Waals surface area contributed by atoms with Crippen molar-refractivity contribution in [2.24, 2.45) is 0 Å². The van der Waals surface area contributed by atoms with E-state index >= 15 is 0 Å². The van der Waals surface area contributed by atoms with Crippen molar-refractivity contribution in [1.82, 2.24) is 5.32 Å². The molecule has 1 aliphatic rings. The molecule has 0 spiro atoms. The van der Waals surface area contributed by atoms with Crippen LogP contribution in [0.3, 0.4) is 0 Å². The van der Waals surface area contributed by atoms with Crippen molar-refractivity contribution in [3.63, 3.8) is 0 Å². The first kappa shape index (κ1) is 15.4. The topological polar surface area (TPSA) is 67.8 Å². The third-order valence-corrected chi connectivity index (χ3v) is 3.77. The van der Waals surface area contributed by atoms with Crippen LogP contribution in [-0.2, 0) is 9.47 Å². The van der Waals surface area contributed by atoms with Crippen molar-refractivity contribution in [2.45, 2.75) is 12.0 Å². The summed E-state index contributed by atoms with van der Waals surface area (Å²) in [5, 5.41) is 11.7. The van der Waals surface area contributed by atoms with E-state index in [0.29, 0.717) is 31.7 Å². The van der Waals surface area contributed by atoms with Crippen LogP contribution in [0.25, 0.3) is 0 Å². The number of carbonyl (C=O) groups is 1. The van der Waals surface area contributed by atoms with E-state index < -0.39 is 5.60 Å². The summed E-state index contributed by atoms with van der Waals surface area (Å²) in [6, 6.07) is 7.16. The third kappa shape index (κ3) is 4.02. The minimum atomic E-state index is -0.520. The standard InChI is InChI=1S/C14H18BrNO4/c15-12-3-1-11(2-4-12)13(18)16-9-14(20-8-6-17)5-7-19-10-14/h1-4,17H,5-10H2,(H,16,18). The van der Waals surface area contributed by atoms with Gasteiger partial charge in [-0.2, -0.15) is 0 Å². The van der Waals surface area contributed by atoms with Gasteiger partial charge < -0.3 is 19.9 Å². The molecule has 1 aliphatic heterocycles. The second kappa shape index (κ2) is 7.17. The Morgan fingerprint density at radius 2 is 2.20 bits per heavy atom. The van der Waals surface area contributed by atoms with Crippen LogP contribution in [0.2, 0.25) is 0 Å². The maximum absolute atomic E-state index is 12.1. The predicted molar refractivity (Wildman–Crippen MR) is 77.7 cm³/mol. The summed E-state index contributed by atoms with van der Waals surface area (Å²) in [6.45, 7) is 1.63. The average molecular weight is 344 g/mol. The van der Waals surface area contributed by atoms with Gasteiger partial charge in [-0.1, -0.05) is 15.9 Å². The fourth-order valence-corrected chi connectivity index (χ4v) is 2.36. The highest BCUT2D eigenvalue weighted by atomic mass is 79.9. The van der Waals surface area contributed by atoms with Crippen molar-refractivity contribution in [3.8, 4) is 0 Å². The van der Waals surface area contributed by atoms with Crippen LogP contribution in [0.1, 0.15) is 16.8 Å². The zero-order chi connectivity index (χ0) is 14.4. The first-order valence-electron chi connectivity index (χ1n) is 6.52. The first-order valence-corrected chi connectivity index (χ1v) is 7.31. The smallest absolute Gasteiger partial charge is 0.251 e. The minimum absolute atomic E-state index is 0.0393. The second-order valence-corrected chi connectivity index (χ2v) is 5.66. The monoisotopic (exact) mass is 343 g/mol. The second-order valence-electron chi connectivity index (χ2n) is 4.75. The molecule has 1 aromatic rings. The molecule has 1 heterocycles. The molecule has 0 aliphatic carbocycles. The Bertz CT molecular complexity index is 443. The van der Waals surface area contributed by atoms with Crippen LogP contribution < -0.4 is 5.32 Å². The van der Waals surface area contributed by atoms with E-state index in [-0.39, 0.29) is 19.1 Å². The normalized spacial score (nSPS) is 21.9. The Labute approximate surface area is 126 Å². The minimum Gasteiger partial charge on any atom is -0.394 e. The molecule has 2 N–H and O–H groups in total. The summed E-state index contributed by atoms with van der Waals surface area (Å²) in [5.74, 6) is -0.142. The molecule has 0 saturated carbocycles. The van der Waals surface area contributed by atoms with E-state index in [2.05, 4.69) is 21.2 Å². The summed E-state index contributed by atoms with van der Waals surface area (Å²) in [4.78, 5) is 12.1. The SMILES string of the molecule is O=C(NCC1(OCCO)CCOC1)c1ccc(Br)cc1. The lowest BCUT2D eigenvalue weighted by Gasteiger charge is -2.27. The van der Waals surface area contributed by atoms with Gasteiger partial charge in [-0.15, -0.1) is 0 Å². The lowest BCUT2D eigenvalue weighted by Crippen LogP contribution is -2.46. The number of aliphatic hydroxyl groups is 1. The Kier molecular flexibility index (Phi) is 5.54. The third-order valence-electron chi connectivity index (χ3n) is 3.24. The van der Waals surface area contributed by atoms with Gasteiger partial charge in [-0.3, -0.25) is 4.79 Å². The summed E-state index contributed by atoms with van der Waals surface area (Å²) in [6.07, 6.45) is 0.716. The lowest BCUT2D eigenvalue weighted by atomic mass is 10.0. The van der Waals surface area contributed by atoms with Gasteiger partial charge in [0.1, 0.15) is 5.60 Å². The zero-order valence-corrected chi connectivity index (χ0v) is 12.7. The van der Waals surface area contributed by atoms with E-state index in [1.165, 1.54) is 0 Å². The summed E-state index contributed by atoms with van der Waals surface area (Å²) < 4.78 is 11.9. The molecule has 1 amide bonds. The molecule has 1 unspecified atom stereocenters. The Morgan fingerprint density at radius 3 is 2.80 bits per heavy atom. The van der Waals surface area contributed by atoms with E-state index in [9.17, 15) is 4.79 Å². The number of amides is 1. The zero-order valence-electron chi connectivity index (χ0n) is 11.1. The van der Waals surface area contributed by atoms with Gasteiger partial charge in [0, 0.05) is 29.6 Å². The van der Waals surface area contributed by atoms with Crippen molar-refractivity contribution in [1.29, 1.82) is 0 Å². The maximum Gasteiger partial charge on any atom is 0.251 e. The van der Waals surface area contributed by atoms with Crippen LogP contribution in [0, 0.1) is 0 Å². The number of hydrogen-bond acceptors (Lipinski definition) is 4. The van der Waals surface area contributed by atoms with Crippen LogP contribution in [-0.4, -0.2) is 49.6 Å². The molecular weight excluding hydrogens is 326 g/mol. The molecule has 0 aromatic heterocycles. The number of hydrogen-bond donors (Lipinski definition) is 2. The molecule has 110 valence electrons. The molecule has 6 heteroatoms. The molecule has 20 heavy (non-hydrogen) atoms. The van der Waals surface area contributed by atoms with Crippen LogP contribution in [0.5, 0.6) is 0 Å². The first-order chi connectivity index (χ1) is 9.65. The molecule has 2 rings (SSSR count). The molecule has 5 nitrogen and oxygen atoms in total.